The average molecular weight is 409 g/mol. The Morgan fingerprint density at radius 3 is 2.36 bits per heavy atom. The molecule has 0 saturated carbocycles. The second kappa shape index (κ2) is 8.53. The van der Waals surface area contributed by atoms with Gasteiger partial charge < -0.3 is 14.6 Å². The quantitative estimate of drug-likeness (QED) is 0.765. The summed E-state index contributed by atoms with van der Waals surface area (Å²) in [7, 11) is -3.57. The Kier molecular flexibility index (Phi) is 6.10. The Morgan fingerprint density at radius 1 is 1.07 bits per heavy atom. The van der Waals surface area contributed by atoms with Crippen LogP contribution in [0.1, 0.15) is 20.9 Å². The van der Waals surface area contributed by atoms with Gasteiger partial charge in [-0.05, 0) is 36.4 Å². The molecule has 1 saturated heterocycles. The van der Waals surface area contributed by atoms with E-state index < -0.39 is 21.7 Å². The summed E-state index contributed by atoms with van der Waals surface area (Å²) in [6.45, 7) is 0.826. The van der Waals surface area contributed by atoms with Crippen LogP contribution in [0, 0.1) is 5.82 Å². The number of hydrogen-bond donors (Lipinski definition) is 1. The fraction of sp³-hybridized carbons (Fsp3) is 0.333. The van der Waals surface area contributed by atoms with Crippen molar-refractivity contribution in [3.8, 4) is 0 Å². The zero-order chi connectivity index (χ0) is 20.1. The first-order valence-electron chi connectivity index (χ1n) is 8.71. The van der Waals surface area contributed by atoms with Crippen LogP contribution in [0.3, 0.4) is 0 Å². The predicted octanol–water partition coefficient (Wildman–Crippen LogP) is 0.936. The normalized spacial score (nSPS) is 15.4. The Hall–Kier alpha value is -2.72. The molecule has 1 aromatic heterocycles. The lowest BCUT2D eigenvalue weighted by atomic mass is 10.2. The van der Waals surface area contributed by atoms with Crippen molar-refractivity contribution in [1.82, 2.24) is 14.5 Å². The topological polar surface area (TPSA) is 99.9 Å². The van der Waals surface area contributed by atoms with Crippen molar-refractivity contribution >= 4 is 21.8 Å². The molecule has 0 bridgehead atoms. The molecular weight excluding hydrogens is 389 g/mol. The molecule has 2 amide bonds. The smallest absolute Gasteiger partial charge is 0.289 e. The van der Waals surface area contributed by atoms with Crippen molar-refractivity contribution in [3.63, 3.8) is 0 Å². The molecule has 3 rings (SSSR count). The zero-order valence-electron chi connectivity index (χ0n) is 15.0. The van der Waals surface area contributed by atoms with Gasteiger partial charge in [0.1, 0.15) is 5.82 Å². The predicted molar refractivity (Wildman–Crippen MR) is 98.7 cm³/mol. The Balaban J connectivity index is 1.47. The molecular formula is C18H20FN3O5S. The van der Waals surface area contributed by atoms with Crippen molar-refractivity contribution < 1.29 is 26.8 Å². The average Bonchev–Trinajstić information content (AvgIpc) is 3.22. The van der Waals surface area contributed by atoms with E-state index >= 15 is 0 Å². The number of halogens is 1. The van der Waals surface area contributed by atoms with E-state index in [1.54, 1.807) is 17.0 Å². The molecule has 1 aliphatic heterocycles. The van der Waals surface area contributed by atoms with Gasteiger partial charge in [0.25, 0.3) is 11.8 Å². The molecule has 0 unspecified atom stereocenters. The van der Waals surface area contributed by atoms with E-state index in [1.807, 2.05) is 0 Å². The third-order valence-corrected chi connectivity index (χ3v) is 6.28. The second-order valence-corrected chi connectivity index (χ2v) is 8.34. The Bertz CT molecular complexity index is 921. The van der Waals surface area contributed by atoms with Gasteiger partial charge in [-0.1, -0.05) is 0 Å². The molecule has 1 aromatic carbocycles. The van der Waals surface area contributed by atoms with E-state index in [1.165, 1.54) is 22.7 Å². The van der Waals surface area contributed by atoms with Gasteiger partial charge >= 0.3 is 0 Å². The lowest BCUT2D eigenvalue weighted by Crippen LogP contribution is -2.51. The summed E-state index contributed by atoms with van der Waals surface area (Å²) >= 11 is 0. The van der Waals surface area contributed by atoms with E-state index in [0.717, 1.165) is 12.1 Å². The number of carbonyl (C=O) groups is 2. The molecule has 8 nitrogen and oxygen atoms in total. The first kappa shape index (κ1) is 20.0. The van der Waals surface area contributed by atoms with Crippen LogP contribution in [0.15, 0.2) is 47.1 Å². The highest BCUT2D eigenvalue weighted by Crippen LogP contribution is 2.12. The number of nitrogens with zero attached hydrogens (tertiary/aromatic N) is 2. The summed E-state index contributed by atoms with van der Waals surface area (Å²) in [4.78, 5) is 25.7. The fourth-order valence-corrected chi connectivity index (χ4v) is 4.19. The van der Waals surface area contributed by atoms with E-state index in [2.05, 4.69) is 5.32 Å². The van der Waals surface area contributed by atoms with Crippen LogP contribution >= 0.6 is 0 Å². The largest absolute Gasteiger partial charge is 0.459 e. The van der Waals surface area contributed by atoms with Crippen LogP contribution in [0.2, 0.25) is 0 Å². The van der Waals surface area contributed by atoms with Gasteiger partial charge in [0.2, 0.25) is 10.0 Å². The molecule has 2 aromatic rings. The van der Waals surface area contributed by atoms with Crippen LogP contribution < -0.4 is 5.32 Å². The number of furan rings is 1. The monoisotopic (exact) mass is 409 g/mol. The number of piperazine rings is 1. The van der Waals surface area contributed by atoms with Gasteiger partial charge in [0.15, 0.2) is 5.76 Å². The number of rotatable bonds is 6. The lowest BCUT2D eigenvalue weighted by Gasteiger charge is -2.33. The zero-order valence-corrected chi connectivity index (χ0v) is 15.8. The number of benzene rings is 1. The first-order chi connectivity index (χ1) is 13.4. The summed E-state index contributed by atoms with van der Waals surface area (Å²) in [5.74, 6) is -1.23. The summed E-state index contributed by atoms with van der Waals surface area (Å²) < 4.78 is 44.2. The van der Waals surface area contributed by atoms with Gasteiger partial charge in [-0.15, -0.1) is 0 Å². The summed E-state index contributed by atoms with van der Waals surface area (Å²) in [6.07, 6.45) is 1.41. The number of amides is 2. The minimum absolute atomic E-state index is 0.0654. The second-order valence-electron chi connectivity index (χ2n) is 6.25. The van der Waals surface area contributed by atoms with E-state index in [4.69, 9.17) is 4.42 Å². The Labute approximate surface area is 162 Å². The van der Waals surface area contributed by atoms with Crippen LogP contribution in [-0.4, -0.2) is 67.9 Å². The van der Waals surface area contributed by atoms with E-state index in [9.17, 15) is 22.4 Å². The van der Waals surface area contributed by atoms with Crippen molar-refractivity contribution in [2.75, 3.05) is 38.5 Å². The minimum atomic E-state index is -3.57. The van der Waals surface area contributed by atoms with Crippen molar-refractivity contribution in [2.24, 2.45) is 0 Å². The SMILES string of the molecule is O=C(NCCS(=O)(=O)N1CCN(C(=O)c2ccco2)CC1)c1ccc(F)cc1. The Morgan fingerprint density at radius 2 is 1.75 bits per heavy atom. The maximum atomic E-state index is 12.9. The molecule has 1 N–H and O–H groups in total. The molecule has 2 heterocycles. The van der Waals surface area contributed by atoms with Gasteiger partial charge in [-0.2, -0.15) is 4.31 Å². The number of carbonyl (C=O) groups excluding carboxylic acids is 2. The highest BCUT2D eigenvalue weighted by atomic mass is 32.2. The van der Waals surface area contributed by atoms with Crippen LogP contribution in [0.4, 0.5) is 4.39 Å². The van der Waals surface area contributed by atoms with E-state index in [0.29, 0.717) is 0 Å². The van der Waals surface area contributed by atoms with Crippen molar-refractivity contribution in [3.05, 3.63) is 59.8 Å². The van der Waals surface area contributed by atoms with Crippen LogP contribution in [0.25, 0.3) is 0 Å². The summed E-state index contributed by atoms with van der Waals surface area (Å²) in [6, 6.07) is 8.16. The maximum absolute atomic E-state index is 12.9. The number of sulfonamides is 1. The minimum Gasteiger partial charge on any atom is -0.459 e. The summed E-state index contributed by atoms with van der Waals surface area (Å²) in [5, 5.41) is 2.52. The molecule has 10 heteroatoms. The highest BCUT2D eigenvalue weighted by Gasteiger charge is 2.29. The van der Waals surface area contributed by atoms with Crippen LogP contribution in [0.5, 0.6) is 0 Å². The van der Waals surface area contributed by atoms with Crippen molar-refractivity contribution in [1.29, 1.82) is 0 Å². The molecule has 0 spiro atoms. The van der Waals surface area contributed by atoms with E-state index in [-0.39, 0.29) is 55.7 Å². The summed E-state index contributed by atoms with van der Waals surface area (Å²) in [5.41, 5.74) is 0.254. The van der Waals surface area contributed by atoms with Crippen molar-refractivity contribution in [2.45, 2.75) is 0 Å². The molecule has 28 heavy (non-hydrogen) atoms. The molecule has 0 atom stereocenters. The molecule has 1 aliphatic rings. The molecule has 1 fully saturated rings. The lowest BCUT2D eigenvalue weighted by molar-refractivity contribution is 0.0665. The fourth-order valence-electron chi connectivity index (χ4n) is 2.85. The van der Waals surface area contributed by atoms with Gasteiger partial charge in [0.05, 0.1) is 12.0 Å². The molecule has 150 valence electrons. The maximum Gasteiger partial charge on any atom is 0.289 e. The third kappa shape index (κ3) is 4.76. The van der Waals surface area contributed by atoms with Gasteiger partial charge in [0, 0.05) is 38.3 Å². The number of hydrogen-bond acceptors (Lipinski definition) is 5. The van der Waals surface area contributed by atoms with Crippen LogP contribution in [-0.2, 0) is 10.0 Å². The van der Waals surface area contributed by atoms with Gasteiger partial charge in [-0.25, -0.2) is 12.8 Å². The first-order valence-corrected chi connectivity index (χ1v) is 10.3. The molecule has 0 radical (unpaired) electrons. The third-order valence-electron chi connectivity index (χ3n) is 4.40. The van der Waals surface area contributed by atoms with Gasteiger partial charge in [-0.3, -0.25) is 9.59 Å². The molecule has 0 aliphatic carbocycles. The standard InChI is InChI=1S/C18H20FN3O5S/c19-15-5-3-14(4-6-15)17(23)20-7-13-28(25,26)22-10-8-21(9-11-22)18(24)16-2-1-12-27-16/h1-6,12H,7-11,13H2,(H,20,23). The highest BCUT2D eigenvalue weighted by molar-refractivity contribution is 7.89. The number of nitrogens with one attached hydrogen (secondary N) is 1.